The van der Waals surface area contributed by atoms with Gasteiger partial charge in [0.05, 0.1) is 12.2 Å². The Morgan fingerprint density at radius 3 is 2.55 bits per heavy atom. The summed E-state index contributed by atoms with van der Waals surface area (Å²) in [6, 6.07) is -0.502. The van der Waals surface area contributed by atoms with Gasteiger partial charge in [0.15, 0.2) is 5.69 Å². The first-order valence-corrected chi connectivity index (χ1v) is 11.0. The predicted molar refractivity (Wildman–Crippen MR) is 106 cm³/mol. The lowest BCUT2D eigenvalue weighted by Gasteiger charge is -2.33. The lowest BCUT2D eigenvalue weighted by Crippen LogP contribution is -2.46. The molecule has 2 aliphatic heterocycles. The fraction of sp³-hybridized carbons (Fsp3) is 0.714. The minimum absolute atomic E-state index is 0.0343. The summed E-state index contributed by atoms with van der Waals surface area (Å²) in [6.07, 6.45) is 0.447. The maximum Gasteiger partial charge on any atom is 0.433 e. The minimum atomic E-state index is -4.54. The van der Waals surface area contributed by atoms with Gasteiger partial charge in [-0.15, -0.1) is 0 Å². The molecule has 2 amide bonds. The zero-order valence-electron chi connectivity index (χ0n) is 17.5. The molecule has 0 bridgehead atoms. The molecule has 3 heterocycles. The van der Waals surface area contributed by atoms with Crippen LogP contribution >= 0.6 is 0 Å². The molecule has 7 nitrogen and oxygen atoms in total. The Morgan fingerprint density at radius 1 is 1.13 bits per heavy atom. The van der Waals surface area contributed by atoms with Crippen molar-refractivity contribution in [2.75, 3.05) is 19.6 Å². The Bertz CT molecular complexity index is 856. The van der Waals surface area contributed by atoms with Crippen molar-refractivity contribution in [2.45, 2.75) is 76.0 Å². The number of alkyl halides is 3. The average Bonchev–Trinajstić information content (AvgIpc) is 2.66. The monoisotopic (exact) mass is 439 g/mol. The first-order chi connectivity index (χ1) is 14.7. The minimum Gasteiger partial charge on any atom is -0.341 e. The Kier molecular flexibility index (Phi) is 6.18. The second-order valence-electron chi connectivity index (χ2n) is 8.81. The summed E-state index contributed by atoms with van der Waals surface area (Å²) in [5, 5.41) is 0. The molecule has 0 radical (unpaired) electrons. The summed E-state index contributed by atoms with van der Waals surface area (Å²) < 4.78 is 40.8. The molecule has 3 aliphatic rings. The summed E-state index contributed by atoms with van der Waals surface area (Å²) in [6.45, 7) is 1.19. The lowest BCUT2D eigenvalue weighted by atomic mass is 9.84. The van der Waals surface area contributed by atoms with Crippen molar-refractivity contribution >= 4 is 11.8 Å². The molecule has 10 heteroatoms. The van der Waals surface area contributed by atoms with Crippen molar-refractivity contribution < 1.29 is 22.8 Å². The van der Waals surface area contributed by atoms with Gasteiger partial charge in [-0.2, -0.15) is 13.2 Å². The van der Waals surface area contributed by atoms with Gasteiger partial charge in [-0.1, -0.05) is 6.42 Å². The summed E-state index contributed by atoms with van der Waals surface area (Å²) in [5.41, 5.74) is 5.66. The fourth-order valence-electron chi connectivity index (χ4n) is 4.50. The highest BCUT2D eigenvalue weighted by atomic mass is 19.4. The molecule has 2 fully saturated rings. The largest absolute Gasteiger partial charge is 0.433 e. The van der Waals surface area contributed by atoms with Crippen molar-refractivity contribution in [3.8, 4) is 0 Å². The number of nitrogens with two attached hydrogens (primary N) is 1. The molecule has 1 aliphatic carbocycles. The maximum absolute atomic E-state index is 13.6. The number of rotatable bonds is 5. The molecule has 0 aromatic carbocycles. The van der Waals surface area contributed by atoms with Crippen molar-refractivity contribution in [2.24, 2.45) is 5.73 Å². The Labute approximate surface area is 179 Å². The van der Waals surface area contributed by atoms with Gasteiger partial charge in [-0.05, 0) is 32.1 Å². The molecule has 4 rings (SSSR count). The van der Waals surface area contributed by atoms with Gasteiger partial charge in [-0.25, -0.2) is 9.97 Å². The number of halogens is 3. The van der Waals surface area contributed by atoms with E-state index in [-0.39, 0.29) is 55.1 Å². The van der Waals surface area contributed by atoms with Crippen LogP contribution in [0.5, 0.6) is 0 Å². The van der Waals surface area contributed by atoms with Gasteiger partial charge in [0.2, 0.25) is 11.8 Å². The molecule has 1 atom stereocenters. The SMILES string of the molecule is N[C@@H](CC(=O)N1CCc2c(nc(C3CCC3)nc2C(F)(F)F)C1)CN1CCCCC1=O. The van der Waals surface area contributed by atoms with E-state index >= 15 is 0 Å². The molecule has 1 saturated heterocycles. The highest BCUT2D eigenvalue weighted by Gasteiger charge is 2.40. The van der Waals surface area contributed by atoms with E-state index in [1.54, 1.807) is 4.90 Å². The van der Waals surface area contributed by atoms with Crippen LogP contribution in [0.3, 0.4) is 0 Å². The molecule has 1 aromatic rings. The molecular formula is C21H28F3N5O2. The van der Waals surface area contributed by atoms with Crippen molar-refractivity contribution in [3.63, 3.8) is 0 Å². The van der Waals surface area contributed by atoms with Crippen LogP contribution < -0.4 is 5.73 Å². The third-order valence-corrected chi connectivity index (χ3v) is 6.49. The van der Waals surface area contributed by atoms with Crippen LogP contribution in [0.2, 0.25) is 0 Å². The third kappa shape index (κ3) is 4.83. The molecular weight excluding hydrogens is 411 g/mol. The number of hydrogen-bond acceptors (Lipinski definition) is 5. The number of likely N-dealkylation sites (tertiary alicyclic amines) is 1. The van der Waals surface area contributed by atoms with Crippen LogP contribution in [0.15, 0.2) is 0 Å². The number of piperidine rings is 1. The number of aromatic nitrogens is 2. The van der Waals surface area contributed by atoms with Crippen LogP contribution in [0.25, 0.3) is 0 Å². The van der Waals surface area contributed by atoms with E-state index in [1.807, 2.05) is 0 Å². The second kappa shape index (κ2) is 8.72. The number of nitrogens with zero attached hydrogens (tertiary/aromatic N) is 4. The average molecular weight is 439 g/mol. The Morgan fingerprint density at radius 2 is 1.90 bits per heavy atom. The molecule has 31 heavy (non-hydrogen) atoms. The summed E-state index contributed by atoms with van der Waals surface area (Å²) >= 11 is 0. The van der Waals surface area contributed by atoms with Gasteiger partial charge < -0.3 is 15.5 Å². The standard InChI is InChI=1S/C21H28F3N5O2/c22-21(23,24)19-15-7-9-29(12-16(15)26-20(27-19)13-4-3-5-13)18(31)10-14(25)11-28-8-2-1-6-17(28)30/h13-14H,1-12,25H2/t14-/m0/s1. The fourth-order valence-corrected chi connectivity index (χ4v) is 4.50. The number of amides is 2. The van der Waals surface area contributed by atoms with E-state index in [2.05, 4.69) is 9.97 Å². The molecule has 0 unspecified atom stereocenters. The van der Waals surface area contributed by atoms with Gasteiger partial charge >= 0.3 is 6.18 Å². The molecule has 2 N–H and O–H groups in total. The smallest absolute Gasteiger partial charge is 0.341 e. The van der Waals surface area contributed by atoms with Gasteiger partial charge in [0, 0.05) is 50.0 Å². The number of hydrogen-bond donors (Lipinski definition) is 1. The molecule has 1 aromatic heterocycles. The van der Waals surface area contributed by atoms with Crippen LogP contribution in [0, 0.1) is 0 Å². The number of carbonyl (C=O) groups is 2. The number of fused-ring (bicyclic) bond motifs is 1. The molecule has 0 spiro atoms. The van der Waals surface area contributed by atoms with Crippen LogP contribution in [0.1, 0.15) is 73.6 Å². The van der Waals surface area contributed by atoms with E-state index < -0.39 is 17.9 Å². The Balaban J connectivity index is 1.45. The van der Waals surface area contributed by atoms with Crippen LogP contribution in [0.4, 0.5) is 13.2 Å². The summed E-state index contributed by atoms with van der Waals surface area (Å²) in [7, 11) is 0. The normalized spacial score (nSPS) is 21.0. The number of carbonyl (C=O) groups excluding carboxylic acids is 2. The highest BCUT2D eigenvalue weighted by molar-refractivity contribution is 5.78. The predicted octanol–water partition coefficient (Wildman–Crippen LogP) is 2.38. The molecule has 1 saturated carbocycles. The van der Waals surface area contributed by atoms with Crippen LogP contribution in [-0.4, -0.2) is 57.3 Å². The maximum atomic E-state index is 13.6. The van der Waals surface area contributed by atoms with Gasteiger partial charge in [0.25, 0.3) is 0 Å². The van der Waals surface area contributed by atoms with E-state index in [1.165, 1.54) is 4.90 Å². The van der Waals surface area contributed by atoms with E-state index in [9.17, 15) is 22.8 Å². The lowest BCUT2D eigenvalue weighted by molar-refractivity contribution is -0.142. The van der Waals surface area contributed by atoms with Gasteiger partial charge in [-0.3, -0.25) is 9.59 Å². The topological polar surface area (TPSA) is 92.4 Å². The van der Waals surface area contributed by atoms with E-state index in [0.29, 0.717) is 25.2 Å². The summed E-state index contributed by atoms with van der Waals surface area (Å²) in [5.74, 6) is 0.0424. The van der Waals surface area contributed by atoms with Crippen molar-refractivity contribution in [3.05, 3.63) is 22.8 Å². The first-order valence-electron chi connectivity index (χ1n) is 11.0. The van der Waals surface area contributed by atoms with Crippen LogP contribution in [-0.2, 0) is 28.7 Å². The zero-order chi connectivity index (χ0) is 22.2. The summed E-state index contributed by atoms with van der Waals surface area (Å²) in [4.78, 5) is 36.3. The molecule has 170 valence electrons. The van der Waals surface area contributed by atoms with Crippen molar-refractivity contribution in [1.82, 2.24) is 19.8 Å². The Hall–Kier alpha value is -2.23. The zero-order valence-corrected chi connectivity index (χ0v) is 17.5. The third-order valence-electron chi connectivity index (χ3n) is 6.49. The van der Waals surface area contributed by atoms with E-state index in [0.717, 1.165) is 32.1 Å². The van der Waals surface area contributed by atoms with E-state index in [4.69, 9.17) is 5.73 Å². The highest BCUT2D eigenvalue weighted by Crippen LogP contribution is 2.39. The quantitative estimate of drug-likeness (QED) is 0.761. The van der Waals surface area contributed by atoms with Gasteiger partial charge in [0.1, 0.15) is 5.82 Å². The van der Waals surface area contributed by atoms with Crippen molar-refractivity contribution in [1.29, 1.82) is 0 Å². The first kappa shape index (κ1) is 22.0. The second-order valence-corrected chi connectivity index (χ2v) is 8.81.